The van der Waals surface area contributed by atoms with Crippen molar-refractivity contribution in [2.45, 2.75) is 18.8 Å². The summed E-state index contributed by atoms with van der Waals surface area (Å²) >= 11 is 11.9. The predicted molar refractivity (Wildman–Crippen MR) is 84.6 cm³/mol. The Kier molecular flexibility index (Phi) is 4.27. The van der Waals surface area contributed by atoms with Crippen LogP contribution in [0.15, 0.2) is 24.5 Å². The van der Waals surface area contributed by atoms with E-state index in [1.54, 1.807) is 17.3 Å². The third-order valence-electron chi connectivity index (χ3n) is 3.86. The number of likely N-dealkylation sites (tertiary alicyclic amines) is 1. The lowest BCUT2D eigenvalue weighted by Gasteiger charge is -2.32. The molecule has 116 valence electrons. The average Bonchev–Trinajstić information content (AvgIpc) is 3.00. The number of phenolic OH excluding ortho intramolecular Hbond substituents is 1. The standard InChI is InChI=1S/C15H15Cl2N3O2/c16-10-6-11(17)13(12(21)7-10)15(22)20-5-1-2-9(8-20)14-18-3-4-19-14/h3-4,6-7,9,21H,1-2,5,8H2,(H,18,19). The Bertz CT molecular complexity index is 665. The SMILES string of the molecule is O=C(c1c(O)cc(Cl)cc1Cl)N1CCCC(c2ncc[nH]2)C1. The number of hydrogen-bond acceptors (Lipinski definition) is 3. The highest BCUT2D eigenvalue weighted by molar-refractivity contribution is 6.37. The van der Waals surface area contributed by atoms with E-state index in [-0.39, 0.29) is 28.2 Å². The second-order valence-electron chi connectivity index (χ2n) is 5.35. The van der Waals surface area contributed by atoms with Crippen molar-refractivity contribution in [3.05, 3.63) is 46.0 Å². The van der Waals surface area contributed by atoms with Crippen molar-refractivity contribution in [1.29, 1.82) is 0 Å². The predicted octanol–water partition coefficient (Wildman–Crippen LogP) is 3.44. The molecule has 22 heavy (non-hydrogen) atoms. The van der Waals surface area contributed by atoms with Gasteiger partial charge in [0, 0.05) is 36.4 Å². The van der Waals surface area contributed by atoms with Crippen LogP contribution in [0.1, 0.15) is 34.9 Å². The molecular formula is C15H15Cl2N3O2. The van der Waals surface area contributed by atoms with Crippen molar-refractivity contribution in [1.82, 2.24) is 14.9 Å². The monoisotopic (exact) mass is 339 g/mol. The number of phenols is 1. The van der Waals surface area contributed by atoms with Crippen molar-refractivity contribution >= 4 is 29.1 Å². The zero-order chi connectivity index (χ0) is 15.7. The Hall–Kier alpha value is -1.72. The number of hydrogen-bond donors (Lipinski definition) is 2. The highest BCUT2D eigenvalue weighted by atomic mass is 35.5. The molecule has 1 aromatic carbocycles. The van der Waals surface area contributed by atoms with Crippen LogP contribution in [0.3, 0.4) is 0 Å². The molecule has 2 aromatic rings. The largest absolute Gasteiger partial charge is 0.507 e. The smallest absolute Gasteiger partial charge is 0.259 e. The van der Waals surface area contributed by atoms with E-state index >= 15 is 0 Å². The molecule has 0 spiro atoms. The lowest BCUT2D eigenvalue weighted by molar-refractivity contribution is 0.0702. The number of carbonyl (C=O) groups excluding carboxylic acids is 1. The van der Waals surface area contributed by atoms with E-state index in [1.807, 2.05) is 0 Å². The third-order valence-corrected chi connectivity index (χ3v) is 4.38. The number of benzene rings is 1. The lowest BCUT2D eigenvalue weighted by Crippen LogP contribution is -2.39. The summed E-state index contributed by atoms with van der Waals surface area (Å²) in [5, 5.41) is 10.4. The summed E-state index contributed by atoms with van der Waals surface area (Å²) in [5.41, 5.74) is 0.103. The molecule has 2 heterocycles. The highest BCUT2D eigenvalue weighted by Gasteiger charge is 2.29. The fourth-order valence-corrected chi connectivity index (χ4v) is 3.38. The first-order chi connectivity index (χ1) is 10.6. The molecule has 7 heteroatoms. The van der Waals surface area contributed by atoms with Gasteiger partial charge in [0.2, 0.25) is 0 Å². The highest BCUT2D eigenvalue weighted by Crippen LogP contribution is 2.33. The molecule has 1 amide bonds. The van der Waals surface area contributed by atoms with Gasteiger partial charge in [-0.3, -0.25) is 4.79 Å². The summed E-state index contributed by atoms with van der Waals surface area (Å²) in [6, 6.07) is 2.79. The zero-order valence-corrected chi connectivity index (χ0v) is 13.2. The second kappa shape index (κ2) is 6.18. The molecule has 0 bridgehead atoms. The number of piperidine rings is 1. The van der Waals surface area contributed by atoms with Gasteiger partial charge >= 0.3 is 0 Å². The van der Waals surface area contributed by atoms with Crippen LogP contribution >= 0.6 is 23.2 Å². The van der Waals surface area contributed by atoms with E-state index in [4.69, 9.17) is 23.2 Å². The molecule has 0 aliphatic carbocycles. The molecular weight excluding hydrogens is 325 g/mol. The van der Waals surface area contributed by atoms with E-state index in [9.17, 15) is 9.90 Å². The minimum absolute atomic E-state index is 0.103. The maximum atomic E-state index is 12.7. The van der Waals surface area contributed by atoms with Crippen LogP contribution in [-0.4, -0.2) is 39.0 Å². The number of nitrogens with zero attached hydrogens (tertiary/aromatic N) is 2. The number of amides is 1. The van der Waals surface area contributed by atoms with Gasteiger partial charge in [0.1, 0.15) is 11.6 Å². The molecule has 1 saturated heterocycles. The molecule has 1 fully saturated rings. The van der Waals surface area contributed by atoms with Crippen LogP contribution in [0.5, 0.6) is 5.75 Å². The molecule has 1 aliphatic heterocycles. The summed E-state index contributed by atoms with van der Waals surface area (Å²) in [5.74, 6) is 0.572. The summed E-state index contributed by atoms with van der Waals surface area (Å²) in [6.45, 7) is 1.18. The van der Waals surface area contributed by atoms with Gasteiger partial charge in [-0.15, -0.1) is 0 Å². The average molecular weight is 340 g/mol. The molecule has 1 aromatic heterocycles. The van der Waals surface area contributed by atoms with Gasteiger partial charge in [-0.05, 0) is 25.0 Å². The molecule has 0 radical (unpaired) electrons. The van der Waals surface area contributed by atoms with Crippen LogP contribution in [0.25, 0.3) is 0 Å². The number of rotatable bonds is 2. The second-order valence-corrected chi connectivity index (χ2v) is 6.19. The number of nitrogens with one attached hydrogen (secondary N) is 1. The van der Waals surface area contributed by atoms with Crippen molar-refractivity contribution in [2.24, 2.45) is 0 Å². The zero-order valence-electron chi connectivity index (χ0n) is 11.7. The van der Waals surface area contributed by atoms with Crippen LogP contribution < -0.4 is 0 Å². The van der Waals surface area contributed by atoms with E-state index in [0.29, 0.717) is 18.1 Å². The number of aromatic hydroxyl groups is 1. The van der Waals surface area contributed by atoms with E-state index in [0.717, 1.165) is 18.7 Å². The van der Waals surface area contributed by atoms with Gasteiger partial charge in [0.15, 0.2) is 0 Å². The van der Waals surface area contributed by atoms with Crippen molar-refractivity contribution < 1.29 is 9.90 Å². The maximum Gasteiger partial charge on any atom is 0.259 e. The number of imidazole rings is 1. The Balaban J connectivity index is 1.83. The normalized spacial score (nSPS) is 18.5. The molecule has 1 aliphatic rings. The Morgan fingerprint density at radius 1 is 1.41 bits per heavy atom. The minimum atomic E-state index is -0.282. The van der Waals surface area contributed by atoms with Crippen LogP contribution in [-0.2, 0) is 0 Å². The van der Waals surface area contributed by atoms with E-state index in [2.05, 4.69) is 9.97 Å². The fraction of sp³-hybridized carbons (Fsp3) is 0.333. The topological polar surface area (TPSA) is 69.2 Å². The first kappa shape index (κ1) is 15.2. The van der Waals surface area contributed by atoms with Crippen LogP contribution in [0.4, 0.5) is 0 Å². The van der Waals surface area contributed by atoms with Gasteiger partial charge in [-0.2, -0.15) is 0 Å². The molecule has 0 saturated carbocycles. The number of carbonyl (C=O) groups is 1. The van der Waals surface area contributed by atoms with Crippen molar-refractivity contribution in [3.8, 4) is 5.75 Å². The van der Waals surface area contributed by atoms with Crippen molar-refractivity contribution in [3.63, 3.8) is 0 Å². The Labute approximate surface area is 137 Å². The van der Waals surface area contributed by atoms with E-state index < -0.39 is 0 Å². The summed E-state index contributed by atoms with van der Waals surface area (Å²) in [4.78, 5) is 21.7. The van der Waals surface area contributed by atoms with Crippen LogP contribution in [0, 0.1) is 0 Å². The van der Waals surface area contributed by atoms with Gasteiger partial charge in [-0.1, -0.05) is 23.2 Å². The number of aromatic nitrogens is 2. The first-order valence-corrected chi connectivity index (χ1v) is 7.78. The number of halogens is 2. The Morgan fingerprint density at radius 2 is 2.23 bits per heavy atom. The van der Waals surface area contributed by atoms with Gasteiger partial charge in [0.25, 0.3) is 5.91 Å². The van der Waals surface area contributed by atoms with Gasteiger partial charge in [-0.25, -0.2) is 4.98 Å². The van der Waals surface area contributed by atoms with Gasteiger partial charge in [0.05, 0.1) is 10.6 Å². The number of H-pyrrole nitrogens is 1. The van der Waals surface area contributed by atoms with Crippen LogP contribution in [0.2, 0.25) is 10.0 Å². The number of aromatic amines is 1. The summed E-state index contributed by atoms with van der Waals surface area (Å²) in [7, 11) is 0. The third kappa shape index (κ3) is 2.91. The maximum absolute atomic E-state index is 12.7. The molecule has 2 N–H and O–H groups in total. The molecule has 5 nitrogen and oxygen atoms in total. The molecule has 3 rings (SSSR count). The van der Waals surface area contributed by atoms with Crippen molar-refractivity contribution in [2.75, 3.05) is 13.1 Å². The molecule has 1 unspecified atom stereocenters. The lowest BCUT2D eigenvalue weighted by atomic mass is 9.96. The minimum Gasteiger partial charge on any atom is -0.507 e. The fourth-order valence-electron chi connectivity index (χ4n) is 2.82. The molecule has 1 atom stereocenters. The quantitative estimate of drug-likeness (QED) is 0.880. The summed E-state index contributed by atoms with van der Waals surface area (Å²) < 4.78 is 0. The van der Waals surface area contributed by atoms with E-state index in [1.165, 1.54) is 12.1 Å². The summed E-state index contributed by atoms with van der Waals surface area (Å²) in [6.07, 6.45) is 5.33. The van der Waals surface area contributed by atoms with Gasteiger partial charge < -0.3 is 15.0 Å². The first-order valence-electron chi connectivity index (χ1n) is 7.03. The Morgan fingerprint density at radius 3 is 2.91 bits per heavy atom.